The summed E-state index contributed by atoms with van der Waals surface area (Å²) >= 11 is 0. The maximum Gasteiger partial charge on any atom is 0.228 e. The Balaban J connectivity index is 0.00000180. The molecule has 1 aliphatic rings. The van der Waals surface area contributed by atoms with Gasteiger partial charge in [-0.15, -0.1) is 12.4 Å². The number of anilines is 1. The maximum atomic E-state index is 12.1. The van der Waals surface area contributed by atoms with Crippen molar-refractivity contribution in [2.24, 2.45) is 0 Å². The zero-order valence-electron chi connectivity index (χ0n) is 11.0. The predicted octanol–water partition coefficient (Wildman–Crippen LogP) is 1.27. The van der Waals surface area contributed by atoms with E-state index in [0.717, 1.165) is 25.3 Å². The number of carbonyl (C=O) groups is 1. The van der Waals surface area contributed by atoms with E-state index in [1.807, 2.05) is 11.8 Å². The molecule has 1 atom stereocenters. The molecule has 0 saturated carbocycles. The third-order valence-electron chi connectivity index (χ3n) is 2.98. The average molecular weight is 286 g/mol. The van der Waals surface area contributed by atoms with Gasteiger partial charge in [-0.3, -0.25) is 9.78 Å². The maximum absolute atomic E-state index is 12.1. The van der Waals surface area contributed by atoms with Crippen molar-refractivity contribution in [1.82, 2.24) is 9.88 Å². The predicted molar refractivity (Wildman–Crippen MR) is 76.2 cm³/mol. The molecule has 0 bridgehead atoms. The number of rotatable bonds is 2. The minimum Gasteiger partial charge on any atom is -0.397 e. The molecular formula is C13H20ClN3O2. The first-order chi connectivity index (χ1) is 8.65. The van der Waals surface area contributed by atoms with Crippen LogP contribution in [0.4, 0.5) is 5.69 Å². The fourth-order valence-corrected chi connectivity index (χ4v) is 2.03. The van der Waals surface area contributed by atoms with Gasteiger partial charge in [0.25, 0.3) is 0 Å². The molecule has 1 saturated heterocycles. The summed E-state index contributed by atoms with van der Waals surface area (Å²) in [7, 11) is 0. The smallest absolute Gasteiger partial charge is 0.228 e. The molecule has 5 nitrogen and oxygen atoms in total. The lowest BCUT2D eigenvalue weighted by molar-refractivity contribution is -0.131. The molecule has 1 aromatic heterocycles. The third kappa shape index (κ3) is 4.69. The minimum atomic E-state index is 0. The molecule has 0 aromatic carbocycles. The second-order valence-electron chi connectivity index (χ2n) is 4.63. The van der Waals surface area contributed by atoms with Gasteiger partial charge in [-0.05, 0) is 25.5 Å². The van der Waals surface area contributed by atoms with Crippen molar-refractivity contribution in [3.8, 4) is 0 Å². The summed E-state index contributed by atoms with van der Waals surface area (Å²) in [6.07, 6.45) is 2.91. The topological polar surface area (TPSA) is 68.5 Å². The molecule has 106 valence electrons. The van der Waals surface area contributed by atoms with Gasteiger partial charge in [0.15, 0.2) is 0 Å². The molecule has 6 heteroatoms. The van der Waals surface area contributed by atoms with E-state index >= 15 is 0 Å². The molecular weight excluding hydrogens is 266 g/mol. The van der Waals surface area contributed by atoms with Crippen molar-refractivity contribution in [2.45, 2.75) is 25.9 Å². The van der Waals surface area contributed by atoms with Crippen LogP contribution < -0.4 is 5.73 Å². The van der Waals surface area contributed by atoms with Crippen molar-refractivity contribution >= 4 is 24.0 Å². The van der Waals surface area contributed by atoms with Crippen molar-refractivity contribution in [1.29, 1.82) is 0 Å². The second kappa shape index (κ2) is 7.31. The lowest BCUT2D eigenvalue weighted by Crippen LogP contribution is -2.37. The number of aromatic nitrogens is 1. The molecule has 1 aromatic rings. The van der Waals surface area contributed by atoms with Crippen LogP contribution in [0.5, 0.6) is 0 Å². The first kappa shape index (κ1) is 15.7. The molecule has 1 fully saturated rings. The molecule has 0 spiro atoms. The summed E-state index contributed by atoms with van der Waals surface area (Å²) in [5, 5.41) is 0. The molecule has 1 unspecified atom stereocenters. The molecule has 2 rings (SSSR count). The van der Waals surface area contributed by atoms with Gasteiger partial charge < -0.3 is 15.4 Å². The van der Waals surface area contributed by atoms with E-state index < -0.39 is 0 Å². The van der Waals surface area contributed by atoms with Crippen LogP contribution in [-0.2, 0) is 16.0 Å². The number of nitrogen functional groups attached to an aromatic ring is 1. The van der Waals surface area contributed by atoms with Crippen molar-refractivity contribution < 1.29 is 9.53 Å². The van der Waals surface area contributed by atoms with Crippen LogP contribution in [0.25, 0.3) is 0 Å². The van der Waals surface area contributed by atoms with E-state index in [-0.39, 0.29) is 24.4 Å². The lowest BCUT2D eigenvalue weighted by atomic mass is 10.2. The van der Waals surface area contributed by atoms with Gasteiger partial charge in [-0.1, -0.05) is 0 Å². The summed E-state index contributed by atoms with van der Waals surface area (Å²) in [5.41, 5.74) is 6.94. The summed E-state index contributed by atoms with van der Waals surface area (Å²) < 4.78 is 5.52. The Labute approximate surface area is 119 Å². The van der Waals surface area contributed by atoms with Gasteiger partial charge in [0.1, 0.15) is 0 Å². The van der Waals surface area contributed by atoms with E-state index in [9.17, 15) is 4.79 Å². The number of halogens is 1. The molecule has 0 radical (unpaired) electrons. The van der Waals surface area contributed by atoms with E-state index in [1.165, 1.54) is 0 Å². The zero-order chi connectivity index (χ0) is 13.0. The molecule has 2 heterocycles. The average Bonchev–Trinajstić information content (AvgIpc) is 2.57. The fourth-order valence-electron chi connectivity index (χ4n) is 2.03. The molecule has 1 amide bonds. The Morgan fingerprint density at radius 2 is 2.37 bits per heavy atom. The first-order valence-electron chi connectivity index (χ1n) is 6.25. The highest BCUT2D eigenvalue weighted by atomic mass is 35.5. The van der Waals surface area contributed by atoms with Gasteiger partial charge in [0.2, 0.25) is 5.91 Å². The molecule has 2 N–H and O–H groups in total. The Hall–Kier alpha value is -1.33. The van der Waals surface area contributed by atoms with Gasteiger partial charge in [-0.2, -0.15) is 0 Å². The van der Waals surface area contributed by atoms with Crippen LogP contribution in [-0.4, -0.2) is 41.6 Å². The zero-order valence-corrected chi connectivity index (χ0v) is 11.9. The number of amides is 1. The second-order valence-corrected chi connectivity index (χ2v) is 4.63. The van der Waals surface area contributed by atoms with Crippen LogP contribution in [0.2, 0.25) is 0 Å². The molecule has 19 heavy (non-hydrogen) atoms. The quantitative estimate of drug-likeness (QED) is 0.888. The summed E-state index contributed by atoms with van der Waals surface area (Å²) in [6, 6.07) is 3.56. The monoisotopic (exact) mass is 285 g/mol. The van der Waals surface area contributed by atoms with Gasteiger partial charge in [0, 0.05) is 25.4 Å². The Bertz CT molecular complexity index is 411. The number of hydrogen-bond donors (Lipinski definition) is 1. The van der Waals surface area contributed by atoms with Crippen LogP contribution in [0.15, 0.2) is 18.3 Å². The standard InChI is InChI=1S/C13H19N3O2.ClH/c1-10-9-16(5-2-6-18-10)13(17)7-12-4-3-11(14)8-15-12;/h3-4,8,10H,2,5-7,9,14H2,1H3;1H. The number of carbonyl (C=O) groups excluding carboxylic acids is 1. The van der Waals surface area contributed by atoms with Crippen molar-refractivity contribution in [3.63, 3.8) is 0 Å². The number of hydrogen-bond acceptors (Lipinski definition) is 4. The number of ether oxygens (including phenoxy) is 1. The van der Waals surface area contributed by atoms with Gasteiger partial charge in [0.05, 0.1) is 24.4 Å². The lowest BCUT2D eigenvalue weighted by Gasteiger charge is -2.22. The Kier molecular flexibility index (Phi) is 6.05. The number of nitrogens with two attached hydrogens (primary N) is 1. The van der Waals surface area contributed by atoms with Crippen LogP contribution >= 0.6 is 12.4 Å². The van der Waals surface area contributed by atoms with Gasteiger partial charge in [-0.25, -0.2) is 0 Å². The third-order valence-corrected chi connectivity index (χ3v) is 2.98. The molecule has 1 aliphatic heterocycles. The highest BCUT2D eigenvalue weighted by Gasteiger charge is 2.20. The number of pyridine rings is 1. The highest BCUT2D eigenvalue weighted by molar-refractivity contribution is 5.85. The highest BCUT2D eigenvalue weighted by Crippen LogP contribution is 2.09. The Morgan fingerprint density at radius 1 is 1.58 bits per heavy atom. The Morgan fingerprint density at radius 3 is 3.05 bits per heavy atom. The van der Waals surface area contributed by atoms with Crippen molar-refractivity contribution in [3.05, 3.63) is 24.0 Å². The summed E-state index contributed by atoms with van der Waals surface area (Å²) in [4.78, 5) is 18.2. The van der Waals surface area contributed by atoms with Crippen LogP contribution in [0.3, 0.4) is 0 Å². The fraction of sp³-hybridized carbons (Fsp3) is 0.538. The van der Waals surface area contributed by atoms with Gasteiger partial charge >= 0.3 is 0 Å². The molecule has 0 aliphatic carbocycles. The van der Waals surface area contributed by atoms with Crippen molar-refractivity contribution in [2.75, 3.05) is 25.4 Å². The normalized spacial score (nSPS) is 19.4. The first-order valence-corrected chi connectivity index (χ1v) is 6.25. The van der Waals surface area contributed by atoms with E-state index in [2.05, 4.69) is 4.98 Å². The van der Waals surface area contributed by atoms with E-state index in [1.54, 1.807) is 18.3 Å². The van der Waals surface area contributed by atoms with E-state index in [0.29, 0.717) is 18.7 Å². The van der Waals surface area contributed by atoms with Crippen LogP contribution in [0, 0.1) is 0 Å². The summed E-state index contributed by atoms with van der Waals surface area (Å²) in [6.45, 7) is 4.14. The number of nitrogens with zero attached hydrogens (tertiary/aromatic N) is 2. The van der Waals surface area contributed by atoms with E-state index in [4.69, 9.17) is 10.5 Å². The summed E-state index contributed by atoms with van der Waals surface area (Å²) in [5.74, 6) is 0.102. The SMILES string of the molecule is CC1CN(C(=O)Cc2ccc(N)cn2)CCCO1.Cl. The largest absolute Gasteiger partial charge is 0.397 e. The van der Waals surface area contributed by atoms with Crippen LogP contribution in [0.1, 0.15) is 19.0 Å². The minimum absolute atomic E-state index is 0.